The Morgan fingerprint density at radius 2 is 2.13 bits per heavy atom. The van der Waals surface area contributed by atoms with Crippen molar-refractivity contribution < 1.29 is 9.90 Å². The van der Waals surface area contributed by atoms with E-state index in [2.05, 4.69) is 23.2 Å². The van der Waals surface area contributed by atoms with Crippen LogP contribution < -0.4 is 5.32 Å². The van der Waals surface area contributed by atoms with Gasteiger partial charge in [0.05, 0.1) is 12.0 Å². The van der Waals surface area contributed by atoms with Gasteiger partial charge < -0.3 is 15.3 Å². The lowest BCUT2D eigenvalue weighted by molar-refractivity contribution is -0.122. The second-order valence-electron chi connectivity index (χ2n) is 6.78. The number of aliphatic hydroxyl groups is 1. The average molecular weight is 334 g/mol. The summed E-state index contributed by atoms with van der Waals surface area (Å²) in [6.07, 6.45) is 1.92. The number of hydrogen-bond donors (Lipinski definition) is 2. The minimum absolute atomic E-state index is 0.0359. The maximum atomic E-state index is 12.4. The smallest absolute Gasteiger partial charge is 0.228 e. The molecule has 1 amide bonds. The first-order valence-electron chi connectivity index (χ1n) is 8.53. The average Bonchev–Trinajstić information content (AvgIpc) is 2.99. The van der Waals surface area contributed by atoms with Gasteiger partial charge in [0, 0.05) is 23.7 Å². The molecule has 2 atom stereocenters. The van der Waals surface area contributed by atoms with Crippen LogP contribution in [0, 0.1) is 5.92 Å². The van der Waals surface area contributed by atoms with Gasteiger partial charge >= 0.3 is 0 Å². The number of rotatable bonds is 5. The lowest BCUT2D eigenvalue weighted by Gasteiger charge is -2.31. The zero-order valence-corrected chi connectivity index (χ0v) is 14.5. The van der Waals surface area contributed by atoms with E-state index in [0.29, 0.717) is 13.1 Å². The van der Waals surface area contributed by atoms with Crippen molar-refractivity contribution in [2.75, 3.05) is 31.9 Å². The molecule has 2 aliphatic rings. The predicted octanol–water partition coefficient (Wildman–Crippen LogP) is 2.08. The third-order valence-corrected chi connectivity index (χ3v) is 6.06. The SMILES string of the molecule is CC1CCN(CC(O)CNC(=O)C2CSc3ccccc32)CC1. The van der Waals surface area contributed by atoms with Crippen molar-refractivity contribution in [2.24, 2.45) is 5.92 Å². The largest absolute Gasteiger partial charge is 0.390 e. The van der Waals surface area contributed by atoms with Gasteiger partial charge in [-0.25, -0.2) is 0 Å². The molecule has 0 aliphatic carbocycles. The maximum Gasteiger partial charge on any atom is 0.228 e. The molecule has 126 valence electrons. The Kier molecular flexibility index (Phi) is 5.62. The first-order valence-corrected chi connectivity index (χ1v) is 9.52. The number of β-amino-alcohol motifs (C(OH)–C–C–N with tert-alkyl or cyclic N) is 1. The molecule has 23 heavy (non-hydrogen) atoms. The lowest BCUT2D eigenvalue weighted by atomic mass is 9.99. The molecule has 3 rings (SSSR count). The summed E-state index contributed by atoms with van der Waals surface area (Å²) >= 11 is 1.74. The summed E-state index contributed by atoms with van der Waals surface area (Å²) in [7, 11) is 0. The molecule has 1 aromatic rings. The van der Waals surface area contributed by atoms with Crippen molar-refractivity contribution in [3.05, 3.63) is 29.8 Å². The molecule has 2 aliphatic heterocycles. The molecule has 2 N–H and O–H groups in total. The molecule has 0 aromatic heterocycles. The van der Waals surface area contributed by atoms with Crippen LogP contribution in [0.15, 0.2) is 29.2 Å². The van der Waals surface area contributed by atoms with Crippen molar-refractivity contribution in [3.63, 3.8) is 0 Å². The normalized spacial score (nSPS) is 23.5. The fourth-order valence-electron chi connectivity index (χ4n) is 3.33. The fourth-order valence-corrected chi connectivity index (χ4v) is 4.56. The molecule has 1 fully saturated rings. The van der Waals surface area contributed by atoms with Crippen LogP contribution in [0.1, 0.15) is 31.2 Å². The molecule has 1 aromatic carbocycles. The molecule has 2 unspecified atom stereocenters. The summed E-state index contributed by atoms with van der Waals surface area (Å²) in [5.74, 6) is 1.54. The van der Waals surface area contributed by atoms with Crippen molar-refractivity contribution in [3.8, 4) is 0 Å². The Bertz CT molecular complexity index is 544. The highest BCUT2D eigenvalue weighted by Crippen LogP contribution is 2.39. The molecule has 0 radical (unpaired) electrons. The third kappa shape index (κ3) is 4.28. The Morgan fingerprint density at radius 3 is 2.91 bits per heavy atom. The molecule has 0 saturated carbocycles. The Hall–Kier alpha value is -1.04. The second-order valence-corrected chi connectivity index (χ2v) is 7.85. The summed E-state index contributed by atoms with van der Waals surface area (Å²) < 4.78 is 0. The van der Waals surface area contributed by atoms with Gasteiger partial charge in [-0.05, 0) is 43.5 Å². The number of amides is 1. The molecule has 1 saturated heterocycles. The number of carbonyl (C=O) groups is 1. The fraction of sp³-hybridized carbons (Fsp3) is 0.611. The number of likely N-dealkylation sites (tertiary alicyclic amines) is 1. The van der Waals surface area contributed by atoms with Crippen LogP contribution in [0.3, 0.4) is 0 Å². The van der Waals surface area contributed by atoms with E-state index >= 15 is 0 Å². The zero-order chi connectivity index (χ0) is 16.2. The van der Waals surface area contributed by atoms with Crippen LogP contribution in [0.4, 0.5) is 0 Å². The Morgan fingerprint density at radius 1 is 1.39 bits per heavy atom. The van der Waals surface area contributed by atoms with E-state index in [0.717, 1.165) is 30.3 Å². The maximum absolute atomic E-state index is 12.4. The molecular formula is C18H26N2O2S. The lowest BCUT2D eigenvalue weighted by Crippen LogP contribution is -2.43. The van der Waals surface area contributed by atoms with Gasteiger partial charge in [0.1, 0.15) is 0 Å². The molecule has 0 bridgehead atoms. The van der Waals surface area contributed by atoms with Gasteiger partial charge in [-0.3, -0.25) is 4.79 Å². The zero-order valence-electron chi connectivity index (χ0n) is 13.7. The quantitative estimate of drug-likeness (QED) is 0.866. The molecule has 2 heterocycles. The third-order valence-electron chi connectivity index (χ3n) is 4.87. The van der Waals surface area contributed by atoms with Crippen LogP contribution in [0.2, 0.25) is 0 Å². The number of piperidine rings is 1. The number of nitrogens with zero attached hydrogens (tertiary/aromatic N) is 1. The molecule has 5 heteroatoms. The van der Waals surface area contributed by atoms with Crippen molar-refractivity contribution in [1.82, 2.24) is 10.2 Å². The monoisotopic (exact) mass is 334 g/mol. The predicted molar refractivity (Wildman–Crippen MR) is 93.8 cm³/mol. The van der Waals surface area contributed by atoms with Gasteiger partial charge in [0.25, 0.3) is 0 Å². The number of thioether (sulfide) groups is 1. The number of aliphatic hydroxyl groups excluding tert-OH is 1. The highest BCUT2D eigenvalue weighted by Gasteiger charge is 2.29. The number of benzene rings is 1. The second kappa shape index (κ2) is 7.69. The van der Waals surface area contributed by atoms with Crippen LogP contribution in [-0.2, 0) is 4.79 Å². The molecule has 4 nitrogen and oxygen atoms in total. The highest BCUT2D eigenvalue weighted by atomic mass is 32.2. The van der Waals surface area contributed by atoms with Crippen LogP contribution in [0.25, 0.3) is 0 Å². The topological polar surface area (TPSA) is 52.6 Å². The summed E-state index contributed by atoms with van der Waals surface area (Å²) in [6.45, 7) is 5.39. The summed E-state index contributed by atoms with van der Waals surface area (Å²) in [5, 5.41) is 13.1. The standard InChI is InChI=1S/C18H26N2O2S/c1-13-6-8-20(9-7-13)11-14(21)10-19-18(22)16-12-23-17-5-3-2-4-15(16)17/h2-5,13-14,16,21H,6-12H2,1H3,(H,19,22). The van der Waals surface area contributed by atoms with Crippen LogP contribution >= 0.6 is 11.8 Å². The summed E-state index contributed by atoms with van der Waals surface area (Å²) in [4.78, 5) is 15.9. The van der Waals surface area contributed by atoms with Gasteiger partial charge in [0.15, 0.2) is 0 Å². The van der Waals surface area contributed by atoms with Crippen LogP contribution in [0.5, 0.6) is 0 Å². The first kappa shape index (κ1) is 16.8. The minimum atomic E-state index is -0.489. The van der Waals surface area contributed by atoms with Gasteiger partial charge in [-0.1, -0.05) is 25.1 Å². The Balaban J connectivity index is 1.44. The minimum Gasteiger partial charge on any atom is -0.390 e. The number of nitrogens with one attached hydrogen (secondary N) is 1. The van der Waals surface area contributed by atoms with E-state index < -0.39 is 6.10 Å². The van der Waals surface area contributed by atoms with E-state index in [9.17, 15) is 9.90 Å². The van der Waals surface area contributed by atoms with E-state index in [1.807, 2.05) is 18.2 Å². The summed E-state index contributed by atoms with van der Waals surface area (Å²) in [5.41, 5.74) is 1.12. The first-order chi connectivity index (χ1) is 11.1. The van der Waals surface area contributed by atoms with Crippen molar-refractivity contribution in [1.29, 1.82) is 0 Å². The van der Waals surface area contributed by atoms with Gasteiger partial charge in [-0.2, -0.15) is 0 Å². The van der Waals surface area contributed by atoms with Gasteiger partial charge in [0.2, 0.25) is 5.91 Å². The van der Waals surface area contributed by atoms with Crippen LogP contribution in [-0.4, -0.2) is 53.9 Å². The van der Waals surface area contributed by atoms with E-state index in [1.54, 1.807) is 11.8 Å². The number of hydrogen-bond acceptors (Lipinski definition) is 4. The molecule has 0 spiro atoms. The molecular weight excluding hydrogens is 308 g/mol. The summed E-state index contributed by atoms with van der Waals surface area (Å²) in [6, 6.07) is 8.09. The van der Waals surface area contributed by atoms with E-state index in [1.165, 1.54) is 17.7 Å². The van der Waals surface area contributed by atoms with Gasteiger partial charge in [-0.15, -0.1) is 11.8 Å². The van der Waals surface area contributed by atoms with Crippen molar-refractivity contribution >= 4 is 17.7 Å². The number of fused-ring (bicyclic) bond motifs is 1. The highest BCUT2D eigenvalue weighted by molar-refractivity contribution is 7.99. The Labute approximate surface area is 142 Å². The van der Waals surface area contributed by atoms with E-state index in [4.69, 9.17) is 0 Å². The van der Waals surface area contributed by atoms with Crippen molar-refractivity contribution in [2.45, 2.75) is 36.7 Å². The number of carbonyl (C=O) groups excluding carboxylic acids is 1. The van der Waals surface area contributed by atoms with E-state index in [-0.39, 0.29) is 11.8 Å².